The van der Waals surface area contributed by atoms with Crippen molar-refractivity contribution in [1.29, 1.82) is 0 Å². The van der Waals surface area contributed by atoms with E-state index in [9.17, 15) is 0 Å². The fourth-order valence-corrected chi connectivity index (χ4v) is 2.74. The third-order valence-electron chi connectivity index (χ3n) is 3.78. The molecule has 2 heterocycles. The summed E-state index contributed by atoms with van der Waals surface area (Å²) in [7, 11) is 0. The van der Waals surface area contributed by atoms with Crippen LogP contribution in [0.15, 0.2) is 55.0 Å². The van der Waals surface area contributed by atoms with Crippen LogP contribution in [0.25, 0.3) is 10.9 Å². The van der Waals surface area contributed by atoms with Gasteiger partial charge in [-0.3, -0.25) is 4.98 Å². The molecule has 1 aromatic carbocycles. The first-order chi connectivity index (χ1) is 10.2. The smallest absolute Gasteiger partial charge is 0.0480 e. The van der Waals surface area contributed by atoms with Gasteiger partial charge in [0.2, 0.25) is 0 Å². The highest BCUT2D eigenvalue weighted by molar-refractivity contribution is 5.80. The van der Waals surface area contributed by atoms with Gasteiger partial charge in [-0.15, -0.1) is 0 Å². The summed E-state index contributed by atoms with van der Waals surface area (Å²) in [5.74, 6) is 0. The fraction of sp³-hybridized carbons (Fsp3) is 0.278. The van der Waals surface area contributed by atoms with Gasteiger partial charge in [0.1, 0.15) is 0 Å². The lowest BCUT2D eigenvalue weighted by Gasteiger charge is -2.08. The normalized spacial score (nSPS) is 12.7. The Morgan fingerprint density at radius 1 is 1.10 bits per heavy atom. The SMILES string of the molecule is CC(N)Cc1ccc2c(ccn2CCc2ccncc2)c1. The lowest BCUT2D eigenvalue weighted by atomic mass is 10.1. The number of pyridine rings is 1. The first kappa shape index (κ1) is 13.8. The van der Waals surface area contributed by atoms with E-state index in [0.29, 0.717) is 0 Å². The average molecular weight is 279 g/mol. The molecule has 0 amide bonds. The molecule has 0 aliphatic heterocycles. The summed E-state index contributed by atoms with van der Waals surface area (Å²) in [5.41, 5.74) is 9.79. The Morgan fingerprint density at radius 2 is 1.90 bits per heavy atom. The van der Waals surface area contributed by atoms with Gasteiger partial charge in [0, 0.05) is 36.7 Å². The van der Waals surface area contributed by atoms with Crippen molar-refractivity contribution in [3.8, 4) is 0 Å². The Bertz CT molecular complexity index is 714. The van der Waals surface area contributed by atoms with Crippen molar-refractivity contribution in [1.82, 2.24) is 9.55 Å². The molecule has 21 heavy (non-hydrogen) atoms. The van der Waals surface area contributed by atoms with Crippen molar-refractivity contribution < 1.29 is 0 Å². The maximum Gasteiger partial charge on any atom is 0.0480 e. The Labute approximate surface area is 125 Å². The number of hydrogen-bond acceptors (Lipinski definition) is 2. The summed E-state index contributed by atoms with van der Waals surface area (Å²) < 4.78 is 2.31. The van der Waals surface area contributed by atoms with Crippen LogP contribution >= 0.6 is 0 Å². The largest absolute Gasteiger partial charge is 0.347 e. The number of fused-ring (bicyclic) bond motifs is 1. The van der Waals surface area contributed by atoms with E-state index in [-0.39, 0.29) is 6.04 Å². The molecule has 0 saturated heterocycles. The van der Waals surface area contributed by atoms with E-state index in [2.05, 4.69) is 52.1 Å². The summed E-state index contributed by atoms with van der Waals surface area (Å²) in [4.78, 5) is 4.06. The van der Waals surface area contributed by atoms with Crippen molar-refractivity contribution in [3.05, 3.63) is 66.1 Å². The Hall–Kier alpha value is -2.13. The lowest BCUT2D eigenvalue weighted by Crippen LogP contribution is -2.17. The van der Waals surface area contributed by atoms with Gasteiger partial charge in [0.05, 0.1) is 0 Å². The molecule has 0 radical (unpaired) electrons. The highest BCUT2D eigenvalue weighted by atomic mass is 14.9. The summed E-state index contributed by atoms with van der Waals surface area (Å²) in [6, 6.07) is 13.2. The molecule has 0 aliphatic carbocycles. The van der Waals surface area contributed by atoms with E-state index < -0.39 is 0 Å². The quantitative estimate of drug-likeness (QED) is 0.779. The molecule has 3 nitrogen and oxygen atoms in total. The Balaban J connectivity index is 1.77. The number of nitrogens with two attached hydrogens (primary N) is 1. The van der Waals surface area contributed by atoms with Crippen LogP contribution in [0.3, 0.4) is 0 Å². The minimum absolute atomic E-state index is 0.205. The van der Waals surface area contributed by atoms with Crippen LogP contribution in [0.2, 0.25) is 0 Å². The van der Waals surface area contributed by atoms with E-state index in [4.69, 9.17) is 5.73 Å². The maximum absolute atomic E-state index is 5.88. The number of nitrogens with zero attached hydrogens (tertiary/aromatic N) is 2. The summed E-state index contributed by atoms with van der Waals surface area (Å²) in [6.07, 6.45) is 7.82. The van der Waals surface area contributed by atoms with Crippen molar-refractivity contribution >= 4 is 10.9 Å². The first-order valence-electron chi connectivity index (χ1n) is 7.44. The molecular formula is C18H21N3. The minimum Gasteiger partial charge on any atom is -0.347 e. The number of rotatable bonds is 5. The zero-order chi connectivity index (χ0) is 14.7. The fourth-order valence-electron chi connectivity index (χ4n) is 2.74. The number of aryl methyl sites for hydroxylation is 2. The third kappa shape index (κ3) is 3.31. The molecule has 0 aliphatic rings. The molecule has 1 atom stereocenters. The van der Waals surface area contributed by atoms with E-state index in [1.54, 1.807) is 0 Å². The molecular weight excluding hydrogens is 258 g/mol. The van der Waals surface area contributed by atoms with Crippen LogP contribution in [0.1, 0.15) is 18.1 Å². The highest BCUT2D eigenvalue weighted by Crippen LogP contribution is 2.19. The van der Waals surface area contributed by atoms with Gasteiger partial charge in [-0.1, -0.05) is 6.07 Å². The van der Waals surface area contributed by atoms with Gasteiger partial charge in [-0.05, 0) is 66.6 Å². The molecule has 3 heteroatoms. The predicted octanol–water partition coefficient (Wildman–Crippen LogP) is 3.17. The standard InChI is InChI=1S/C18H21N3/c1-14(19)12-16-2-3-18-17(13-16)7-11-21(18)10-6-15-4-8-20-9-5-15/h2-5,7-9,11,13-14H,6,10,12,19H2,1H3. The van der Waals surface area contributed by atoms with Gasteiger partial charge in [0.15, 0.2) is 0 Å². The van der Waals surface area contributed by atoms with E-state index >= 15 is 0 Å². The van der Waals surface area contributed by atoms with E-state index in [1.165, 1.54) is 22.0 Å². The lowest BCUT2D eigenvalue weighted by molar-refractivity contribution is 0.721. The molecule has 3 aromatic rings. The van der Waals surface area contributed by atoms with Crippen LogP contribution in [0.4, 0.5) is 0 Å². The van der Waals surface area contributed by atoms with Gasteiger partial charge in [-0.25, -0.2) is 0 Å². The monoisotopic (exact) mass is 279 g/mol. The van der Waals surface area contributed by atoms with Gasteiger partial charge < -0.3 is 10.3 Å². The second-order valence-electron chi connectivity index (χ2n) is 5.69. The molecule has 2 N–H and O–H groups in total. The summed E-state index contributed by atoms with van der Waals surface area (Å²) in [6.45, 7) is 3.03. The van der Waals surface area contributed by atoms with Crippen LogP contribution in [-0.4, -0.2) is 15.6 Å². The van der Waals surface area contributed by atoms with Crippen LogP contribution in [-0.2, 0) is 19.4 Å². The molecule has 0 fully saturated rings. The number of benzene rings is 1. The highest BCUT2D eigenvalue weighted by Gasteiger charge is 2.04. The van der Waals surface area contributed by atoms with Crippen molar-refractivity contribution in [2.75, 3.05) is 0 Å². The third-order valence-corrected chi connectivity index (χ3v) is 3.78. The van der Waals surface area contributed by atoms with Crippen LogP contribution in [0, 0.1) is 0 Å². The Morgan fingerprint density at radius 3 is 2.67 bits per heavy atom. The van der Waals surface area contributed by atoms with Crippen molar-refractivity contribution in [2.24, 2.45) is 5.73 Å². The van der Waals surface area contributed by atoms with Gasteiger partial charge in [-0.2, -0.15) is 0 Å². The minimum atomic E-state index is 0.205. The van der Waals surface area contributed by atoms with Crippen molar-refractivity contribution in [2.45, 2.75) is 32.4 Å². The maximum atomic E-state index is 5.88. The van der Waals surface area contributed by atoms with E-state index in [1.807, 2.05) is 19.3 Å². The number of hydrogen-bond donors (Lipinski definition) is 1. The van der Waals surface area contributed by atoms with E-state index in [0.717, 1.165) is 19.4 Å². The summed E-state index contributed by atoms with van der Waals surface area (Å²) in [5, 5.41) is 1.29. The Kier molecular flexibility index (Phi) is 4.02. The topological polar surface area (TPSA) is 43.8 Å². The summed E-state index contributed by atoms with van der Waals surface area (Å²) >= 11 is 0. The first-order valence-corrected chi connectivity index (χ1v) is 7.44. The molecule has 108 valence electrons. The zero-order valence-electron chi connectivity index (χ0n) is 12.4. The number of aromatic nitrogens is 2. The van der Waals surface area contributed by atoms with Gasteiger partial charge >= 0.3 is 0 Å². The molecule has 1 unspecified atom stereocenters. The molecule has 0 bridgehead atoms. The second-order valence-corrected chi connectivity index (χ2v) is 5.69. The van der Waals surface area contributed by atoms with Crippen molar-refractivity contribution in [3.63, 3.8) is 0 Å². The van der Waals surface area contributed by atoms with Crippen LogP contribution in [0.5, 0.6) is 0 Å². The second kappa shape index (κ2) is 6.10. The zero-order valence-corrected chi connectivity index (χ0v) is 12.4. The molecule has 2 aromatic heterocycles. The predicted molar refractivity (Wildman–Crippen MR) is 87.2 cm³/mol. The molecule has 3 rings (SSSR count). The molecule has 0 spiro atoms. The molecule has 0 saturated carbocycles. The van der Waals surface area contributed by atoms with Crippen LogP contribution < -0.4 is 5.73 Å². The van der Waals surface area contributed by atoms with Gasteiger partial charge in [0.25, 0.3) is 0 Å². The average Bonchev–Trinajstić information content (AvgIpc) is 2.88.